The summed E-state index contributed by atoms with van der Waals surface area (Å²) >= 11 is 0. The molecule has 1 saturated carbocycles. The molecular formula is C12H16N2O2. The zero-order valence-electron chi connectivity index (χ0n) is 9.32. The Morgan fingerprint density at radius 1 is 1.38 bits per heavy atom. The van der Waals surface area contributed by atoms with Crippen molar-refractivity contribution in [1.82, 2.24) is 9.78 Å². The maximum Gasteiger partial charge on any atom is 0.168 e. The summed E-state index contributed by atoms with van der Waals surface area (Å²) in [6, 6.07) is 0.436. The van der Waals surface area contributed by atoms with Crippen LogP contribution in [0.2, 0.25) is 0 Å². The highest BCUT2D eigenvalue weighted by molar-refractivity contribution is 5.75. The number of hydrogen-bond acceptors (Lipinski definition) is 3. The minimum absolute atomic E-state index is 0.436. The third-order valence-electron chi connectivity index (χ3n) is 3.64. The van der Waals surface area contributed by atoms with Gasteiger partial charge in [-0.25, -0.2) is 0 Å². The summed E-state index contributed by atoms with van der Waals surface area (Å²) in [5.74, 6) is 0. The standard InChI is InChI=1S/C12H16N2O2/c15-7-12-10-8-16-6-5-11(10)13-14(12)9-3-1-2-4-9/h7,9H,1-6,8H2. The van der Waals surface area contributed by atoms with Crippen molar-refractivity contribution in [2.45, 2.75) is 44.8 Å². The van der Waals surface area contributed by atoms with Crippen molar-refractivity contribution in [3.05, 3.63) is 17.0 Å². The van der Waals surface area contributed by atoms with Crippen LogP contribution >= 0.6 is 0 Å². The van der Waals surface area contributed by atoms with E-state index in [0.29, 0.717) is 12.6 Å². The van der Waals surface area contributed by atoms with Crippen molar-refractivity contribution >= 4 is 6.29 Å². The molecule has 0 radical (unpaired) electrons. The summed E-state index contributed by atoms with van der Waals surface area (Å²) in [5.41, 5.74) is 2.84. The Morgan fingerprint density at radius 2 is 2.19 bits per heavy atom. The smallest absolute Gasteiger partial charge is 0.168 e. The lowest BCUT2D eigenvalue weighted by Crippen LogP contribution is -2.11. The first-order chi connectivity index (χ1) is 7.90. The molecule has 3 rings (SSSR count). The van der Waals surface area contributed by atoms with Crippen LogP contribution in [0.3, 0.4) is 0 Å². The first-order valence-electron chi connectivity index (χ1n) is 6.03. The number of carbonyl (C=O) groups is 1. The van der Waals surface area contributed by atoms with E-state index in [1.54, 1.807) is 0 Å². The highest BCUT2D eigenvalue weighted by atomic mass is 16.5. The molecule has 4 nitrogen and oxygen atoms in total. The highest BCUT2D eigenvalue weighted by Gasteiger charge is 2.26. The summed E-state index contributed by atoms with van der Waals surface area (Å²) in [7, 11) is 0. The van der Waals surface area contributed by atoms with Gasteiger partial charge < -0.3 is 4.74 Å². The number of nitrogens with zero attached hydrogens (tertiary/aromatic N) is 2. The quantitative estimate of drug-likeness (QED) is 0.715. The van der Waals surface area contributed by atoms with E-state index < -0.39 is 0 Å². The molecule has 0 amide bonds. The molecule has 0 atom stereocenters. The predicted octanol–water partition coefficient (Wildman–Crippen LogP) is 1.88. The fraction of sp³-hybridized carbons (Fsp3) is 0.667. The van der Waals surface area contributed by atoms with E-state index in [4.69, 9.17) is 4.74 Å². The van der Waals surface area contributed by atoms with Gasteiger partial charge in [0.05, 0.1) is 24.9 Å². The molecule has 1 aromatic rings. The summed E-state index contributed by atoms with van der Waals surface area (Å²) in [6.45, 7) is 1.28. The van der Waals surface area contributed by atoms with Crippen LogP contribution in [0.25, 0.3) is 0 Å². The second-order valence-corrected chi connectivity index (χ2v) is 4.61. The molecule has 0 spiro atoms. The first-order valence-corrected chi connectivity index (χ1v) is 6.03. The minimum Gasteiger partial charge on any atom is -0.376 e. The van der Waals surface area contributed by atoms with E-state index in [1.807, 2.05) is 4.68 Å². The lowest BCUT2D eigenvalue weighted by atomic mass is 10.1. The van der Waals surface area contributed by atoms with Gasteiger partial charge in [0, 0.05) is 12.0 Å². The van der Waals surface area contributed by atoms with Crippen LogP contribution in [0, 0.1) is 0 Å². The Balaban J connectivity index is 2.03. The molecule has 1 aromatic heterocycles. The van der Waals surface area contributed by atoms with Gasteiger partial charge in [0.1, 0.15) is 5.69 Å². The van der Waals surface area contributed by atoms with E-state index in [0.717, 1.165) is 49.1 Å². The summed E-state index contributed by atoms with van der Waals surface area (Å²) < 4.78 is 7.36. The SMILES string of the molecule is O=Cc1c2c(nn1C1CCCC1)CCOC2. The van der Waals surface area contributed by atoms with Crippen molar-refractivity contribution in [2.24, 2.45) is 0 Å². The number of hydrogen-bond donors (Lipinski definition) is 0. The maximum atomic E-state index is 11.2. The molecule has 1 aliphatic heterocycles. The highest BCUT2D eigenvalue weighted by Crippen LogP contribution is 2.32. The van der Waals surface area contributed by atoms with Crippen molar-refractivity contribution < 1.29 is 9.53 Å². The minimum atomic E-state index is 0.436. The Labute approximate surface area is 94.6 Å². The topological polar surface area (TPSA) is 44.1 Å². The van der Waals surface area contributed by atoms with Crippen LogP contribution in [0.5, 0.6) is 0 Å². The summed E-state index contributed by atoms with van der Waals surface area (Å²) in [5, 5.41) is 4.61. The molecule has 0 aromatic carbocycles. The molecule has 0 N–H and O–H groups in total. The number of aldehydes is 1. The molecule has 86 valence electrons. The van der Waals surface area contributed by atoms with E-state index in [2.05, 4.69) is 5.10 Å². The van der Waals surface area contributed by atoms with E-state index >= 15 is 0 Å². The zero-order chi connectivity index (χ0) is 11.0. The molecule has 4 heteroatoms. The average Bonchev–Trinajstić information content (AvgIpc) is 2.95. The normalized spacial score (nSPS) is 21.0. The van der Waals surface area contributed by atoms with Crippen LogP contribution in [0.15, 0.2) is 0 Å². The third kappa shape index (κ3) is 1.48. The van der Waals surface area contributed by atoms with Gasteiger partial charge in [-0.2, -0.15) is 5.10 Å². The molecule has 16 heavy (non-hydrogen) atoms. The number of ether oxygens (including phenoxy) is 1. The Kier molecular flexibility index (Phi) is 2.52. The van der Waals surface area contributed by atoms with Gasteiger partial charge >= 0.3 is 0 Å². The van der Waals surface area contributed by atoms with E-state index in [-0.39, 0.29) is 0 Å². The van der Waals surface area contributed by atoms with Gasteiger partial charge in [-0.05, 0) is 12.8 Å². The van der Waals surface area contributed by atoms with E-state index in [9.17, 15) is 4.79 Å². The average molecular weight is 220 g/mol. The predicted molar refractivity (Wildman–Crippen MR) is 58.5 cm³/mol. The van der Waals surface area contributed by atoms with Crippen LogP contribution in [0.4, 0.5) is 0 Å². The first kappa shape index (κ1) is 10.0. The molecular weight excluding hydrogens is 204 g/mol. The molecule has 2 aliphatic rings. The van der Waals surface area contributed by atoms with Gasteiger partial charge in [-0.3, -0.25) is 9.48 Å². The van der Waals surface area contributed by atoms with Crippen LogP contribution in [0.1, 0.15) is 53.5 Å². The molecule has 1 fully saturated rings. The van der Waals surface area contributed by atoms with Crippen molar-refractivity contribution in [3.8, 4) is 0 Å². The zero-order valence-corrected chi connectivity index (χ0v) is 9.32. The second kappa shape index (κ2) is 4.01. The molecule has 0 unspecified atom stereocenters. The van der Waals surface area contributed by atoms with Gasteiger partial charge in [-0.1, -0.05) is 12.8 Å². The number of fused-ring (bicyclic) bond motifs is 1. The van der Waals surface area contributed by atoms with Crippen LogP contribution in [-0.4, -0.2) is 22.7 Å². The summed E-state index contributed by atoms with van der Waals surface area (Å²) in [6.07, 6.45) is 6.60. The third-order valence-corrected chi connectivity index (χ3v) is 3.64. The lowest BCUT2D eigenvalue weighted by molar-refractivity contribution is 0.105. The number of aromatic nitrogens is 2. The Hall–Kier alpha value is -1.16. The molecule has 0 saturated heterocycles. The van der Waals surface area contributed by atoms with Gasteiger partial charge in [0.15, 0.2) is 6.29 Å². The lowest BCUT2D eigenvalue weighted by Gasteiger charge is -2.12. The Morgan fingerprint density at radius 3 is 2.94 bits per heavy atom. The monoisotopic (exact) mass is 220 g/mol. The van der Waals surface area contributed by atoms with Gasteiger partial charge in [0.2, 0.25) is 0 Å². The Bertz CT molecular complexity index is 405. The van der Waals surface area contributed by atoms with Crippen molar-refractivity contribution in [3.63, 3.8) is 0 Å². The van der Waals surface area contributed by atoms with Crippen molar-refractivity contribution in [2.75, 3.05) is 6.61 Å². The summed E-state index contributed by atoms with van der Waals surface area (Å²) in [4.78, 5) is 11.2. The molecule has 0 bridgehead atoms. The molecule has 2 heterocycles. The van der Waals surface area contributed by atoms with Crippen molar-refractivity contribution in [1.29, 1.82) is 0 Å². The fourth-order valence-corrected chi connectivity index (χ4v) is 2.78. The largest absolute Gasteiger partial charge is 0.376 e. The molecule has 1 aliphatic carbocycles. The number of rotatable bonds is 2. The number of carbonyl (C=O) groups excluding carboxylic acids is 1. The van der Waals surface area contributed by atoms with Gasteiger partial charge in [-0.15, -0.1) is 0 Å². The van der Waals surface area contributed by atoms with Crippen LogP contribution < -0.4 is 0 Å². The van der Waals surface area contributed by atoms with E-state index in [1.165, 1.54) is 12.8 Å². The van der Waals surface area contributed by atoms with Gasteiger partial charge in [0.25, 0.3) is 0 Å². The van der Waals surface area contributed by atoms with Crippen LogP contribution in [-0.2, 0) is 17.8 Å². The maximum absolute atomic E-state index is 11.2. The second-order valence-electron chi connectivity index (χ2n) is 4.61. The fourth-order valence-electron chi connectivity index (χ4n) is 2.78.